The number of allylic oxidation sites excluding steroid dienone is 1. The number of benzene rings is 2. The molecule has 5 heteroatoms. The highest BCUT2D eigenvalue weighted by Crippen LogP contribution is 2.37. The van der Waals surface area contributed by atoms with Gasteiger partial charge in [-0.1, -0.05) is 18.2 Å². The number of alkyl halides is 3. The Morgan fingerprint density at radius 3 is 2.35 bits per heavy atom. The van der Waals surface area contributed by atoms with Crippen LogP contribution in [0, 0.1) is 0 Å². The second kappa shape index (κ2) is 6.28. The van der Waals surface area contributed by atoms with Crippen molar-refractivity contribution in [2.75, 3.05) is 0 Å². The summed E-state index contributed by atoms with van der Waals surface area (Å²) in [6, 6.07) is 12.1. The normalized spacial score (nSPS) is 14.5. The second-order valence-corrected chi connectivity index (χ2v) is 5.12. The van der Waals surface area contributed by atoms with Crippen molar-refractivity contribution in [3.63, 3.8) is 0 Å². The fourth-order valence-corrected chi connectivity index (χ4v) is 2.35. The van der Waals surface area contributed by atoms with Crippen LogP contribution in [0.2, 0.25) is 0 Å². The van der Waals surface area contributed by atoms with Gasteiger partial charge in [-0.05, 0) is 54.8 Å². The molecule has 2 nitrogen and oxygen atoms in total. The van der Waals surface area contributed by atoms with Gasteiger partial charge in [-0.2, -0.15) is 13.2 Å². The molecule has 0 amide bonds. The van der Waals surface area contributed by atoms with Gasteiger partial charge in [0.15, 0.2) is 0 Å². The van der Waals surface area contributed by atoms with E-state index in [9.17, 15) is 13.2 Å². The minimum absolute atomic E-state index is 0.203. The molecule has 2 aromatic carbocycles. The molecule has 0 N–H and O–H groups in total. The number of rotatable bonds is 3. The van der Waals surface area contributed by atoms with Crippen molar-refractivity contribution in [2.24, 2.45) is 4.99 Å². The summed E-state index contributed by atoms with van der Waals surface area (Å²) in [6.07, 6.45) is 1.11. The van der Waals surface area contributed by atoms with Gasteiger partial charge in [0.25, 0.3) is 0 Å². The molecule has 0 aromatic heterocycles. The number of halogens is 3. The molecule has 0 saturated carbocycles. The van der Waals surface area contributed by atoms with E-state index in [1.165, 1.54) is 18.2 Å². The van der Waals surface area contributed by atoms with Crippen molar-refractivity contribution in [3.05, 3.63) is 71.9 Å². The maximum atomic E-state index is 13.0. The molecular formula is C18H14F3NO. The molecule has 0 atom stereocenters. The summed E-state index contributed by atoms with van der Waals surface area (Å²) in [5.74, 6) is 0.156. The molecule has 1 aliphatic rings. The van der Waals surface area contributed by atoms with Crippen molar-refractivity contribution >= 4 is 5.71 Å². The molecule has 0 saturated heterocycles. The summed E-state index contributed by atoms with van der Waals surface area (Å²) < 4.78 is 44.3. The average Bonchev–Trinajstić information content (AvgIpc) is 2.56. The molecule has 0 bridgehead atoms. The van der Waals surface area contributed by atoms with Gasteiger partial charge in [0.05, 0.1) is 5.56 Å². The Bertz CT molecular complexity index is 746. The first-order chi connectivity index (χ1) is 11.0. The molecule has 3 rings (SSSR count). The van der Waals surface area contributed by atoms with Crippen LogP contribution in [0.5, 0.6) is 11.5 Å². The summed E-state index contributed by atoms with van der Waals surface area (Å²) >= 11 is 0. The highest BCUT2D eigenvalue weighted by atomic mass is 19.4. The van der Waals surface area contributed by atoms with Crippen LogP contribution in [0.3, 0.4) is 0 Å². The van der Waals surface area contributed by atoms with Crippen LogP contribution >= 0.6 is 0 Å². The predicted molar refractivity (Wildman–Crippen MR) is 82.9 cm³/mol. The van der Waals surface area contributed by atoms with Gasteiger partial charge in [-0.3, -0.25) is 4.99 Å². The lowest BCUT2D eigenvalue weighted by Crippen LogP contribution is -2.07. The third-order valence-corrected chi connectivity index (χ3v) is 3.49. The molecule has 23 heavy (non-hydrogen) atoms. The standard InChI is InChI=1S/C18H14F3NO/c19-18(20,21)15-5-1-2-7-17(15)23-14-10-8-13(9-11-14)16-6-3-4-12-22-16/h1-2,4-5,7-12H,3,6H2. The zero-order valence-electron chi connectivity index (χ0n) is 12.2. The van der Waals surface area contributed by atoms with Crippen LogP contribution in [-0.2, 0) is 6.18 Å². The maximum Gasteiger partial charge on any atom is 0.419 e. The lowest BCUT2D eigenvalue weighted by molar-refractivity contribution is -0.138. The fraction of sp³-hybridized carbons (Fsp3) is 0.167. The number of para-hydroxylation sites is 1. The van der Waals surface area contributed by atoms with Crippen LogP contribution < -0.4 is 4.74 Å². The Morgan fingerprint density at radius 2 is 1.70 bits per heavy atom. The zero-order valence-corrected chi connectivity index (χ0v) is 12.2. The third-order valence-electron chi connectivity index (χ3n) is 3.49. The van der Waals surface area contributed by atoms with Gasteiger partial charge in [0, 0.05) is 11.9 Å². The Balaban J connectivity index is 1.82. The van der Waals surface area contributed by atoms with Crippen molar-refractivity contribution in [3.8, 4) is 11.5 Å². The van der Waals surface area contributed by atoms with Crippen molar-refractivity contribution in [1.82, 2.24) is 0 Å². The van der Waals surface area contributed by atoms with E-state index in [0.29, 0.717) is 5.75 Å². The average molecular weight is 317 g/mol. The van der Waals surface area contributed by atoms with Gasteiger partial charge in [0.2, 0.25) is 0 Å². The van der Waals surface area contributed by atoms with Crippen LogP contribution in [0.4, 0.5) is 13.2 Å². The molecule has 1 heterocycles. The fourth-order valence-electron chi connectivity index (χ4n) is 2.35. The quantitative estimate of drug-likeness (QED) is 0.722. The molecule has 0 aliphatic carbocycles. The Kier molecular flexibility index (Phi) is 4.19. The number of hydrogen-bond donors (Lipinski definition) is 0. The molecule has 0 spiro atoms. The Morgan fingerprint density at radius 1 is 0.957 bits per heavy atom. The summed E-state index contributed by atoms with van der Waals surface area (Å²) in [5.41, 5.74) is 1.13. The summed E-state index contributed by atoms with van der Waals surface area (Å²) in [4.78, 5) is 4.31. The Labute approximate surface area is 131 Å². The molecule has 0 unspecified atom stereocenters. The summed E-state index contributed by atoms with van der Waals surface area (Å²) in [5, 5.41) is 0. The minimum atomic E-state index is -4.44. The predicted octanol–water partition coefficient (Wildman–Crippen LogP) is 5.59. The molecule has 0 fully saturated rings. The van der Waals surface area contributed by atoms with Crippen LogP contribution in [0.1, 0.15) is 24.0 Å². The SMILES string of the molecule is FC(F)(F)c1ccccc1Oc1ccc(C2=NC=CCC2)cc1. The summed E-state index contributed by atoms with van der Waals surface area (Å²) in [7, 11) is 0. The highest BCUT2D eigenvalue weighted by Gasteiger charge is 2.34. The van der Waals surface area contributed by atoms with Crippen LogP contribution in [0.25, 0.3) is 0 Å². The largest absolute Gasteiger partial charge is 0.457 e. The van der Waals surface area contributed by atoms with Gasteiger partial charge in [-0.25, -0.2) is 0 Å². The zero-order chi connectivity index (χ0) is 16.3. The van der Waals surface area contributed by atoms with E-state index >= 15 is 0 Å². The van der Waals surface area contributed by atoms with Crippen molar-refractivity contribution in [2.45, 2.75) is 19.0 Å². The number of ether oxygens (including phenoxy) is 1. The van der Waals surface area contributed by atoms with Gasteiger partial charge in [0.1, 0.15) is 11.5 Å². The summed E-state index contributed by atoms with van der Waals surface area (Å²) in [6.45, 7) is 0. The van der Waals surface area contributed by atoms with Crippen LogP contribution in [-0.4, -0.2) is 5.71 Å². The first kappa shape index (κ1) is 15.3. The van der Waals surface area contributed by atoms with Gasteiger partial charge in [-0.15, -0.1) is 0 Å². The van der Waals surface area contributed by atoms with E-state index in [4.69, 9.17) is 4.74 Å². The molecule has 2 aromatic rings. The highest BCUT2D eigenvalue weighted by molar-refractivity contribution is 6.01. The van der Waals surface area contributed by atoms with Gasteiger partial charge >= 0.3 is 6.18 Å². The molecular weight excluding hydrogens is 303 g/mol. The number of hydrogen-bond acceptors (Lipinski definition) is 2. The maximum absolute atomic E-state index is 13.0. The topological polar surface area (TPSA) is 21.6 Å². The minimum Gasteiger partial charge on any atom is -0.457 e. The monoisotopic (exact) mass is 317 g/mol. The lowest BCUT2D eigenvalue weighted by atomic mass is 10.0. The van der Waals surface area contributed by atoms with Crippen molar-refractivity contribution in [1.29, 1.82) is 0 Å². The molecule has 118 valence electrons. The first-order valence-electron chi connectivity index (χ1n) is 7.20. The lowest BCUT2D eigenvalue weighted by Gasteiger charge is -2.14. The van der Waals surface area contributed by atoms with E-state index in [1.807, 2.05) is 18.2 Å². The van der Waals surface area contributed by atoms with Crippen LogP contribution in [0.15, 0.2) is 65.8 Å². The van der Waals surface area contributed by atoms with E-state index in [1.54, 1.807) is 18.3 Å². The van der Waals surface area contributed by atoms with Gasteiger partial charge < -0.3 is 4.74 Å². The molecule has 1 aliphatic heterocycles. The second-order valence-electron chi connectivity index (χ2n) is 5.12. The third kappa shape index (κ3) is 3.62. The van der Waals surface area contributed by atoms with E-state index in [-0.39, 0.29) is 5.75 Å². The van der Waals surface area contributed by atoms with Crippen molar-refractivity contribution < 1.29 is 17.9 Å². The number of aliphatic imine (C=N–C) groups is 1. The smallest absolute Gasteiger partial charge is 0.419 e. The Hall–Kier alpha value is -2.56. The molecule has 0 radical (unpaired) electrons. The van der Waals surface area contributed by atoms with E-state index in [0.717, 1.165) is 30.2 Å². The van der Waals surface area contributed by atoms with E-state index in [2.05, 4.69) is 4.99 Å². The van der Waals surface area contributed by atoms with E-state index < -0.39 is 11.7 Å². The first-order valence-corrected chi connectivity index (χ1v) is 7.20. The number of nitrogens with zero attached hydrogens (tertiary/aromatic N) is 1.